The van der Waals surface area contributed by atoms with Gasteiger partial charge in [-0.1, -0.05) is 6.07 Å². The van der Waals surface area contributed by atoms with E-state index in [1.807, 2.05) is 32.2 Å². The van der Waals surface area contributed by atoms with Gasteiger partial charge in [0.1, 0.15) is 5.75 Å². The number of hydrogen-bond donors (Lipinski definition) is 0. The van der Waals surface area contributed by atoms with Crippen LogP contribution in [-0.2, 0) is 0 Å². The summed E-state index contributed by atoms with van der Waals surface area (Å²) in [6.45, 7) is 3.52. The van der Waals surface area contributed by atoms with Crippen LogP contribution in [0.2, 0.25) is 0 Å². The maximum atomic E-state index is 13.4. The number of ether oxygens (including phenoxy) is 3. The van der Waals surface area contributed by atoms with Gasteiger partial charge in [-0.05, 0) is 50.2 Å². The largest absolute Gasteiger partial charge is 0.493 e. The van der Waals surface area contributed by atoms with Crippen LogP contribution in [-0.4, -0.2) is 31.9 Å². The summed E-state index contributed by atoms with van der Waals surface area (Å²) in [4.78, 5) is 2.08. The Morgan fingerprint density at radius 2 is 1.88 bits per heavy atom. The smallest absolute Gasteiger partial charge is 0.231 e. The lowest BCUT2D eigenvalue weighted by atomic mass is 10.1. The van der Waals surface area contributed by atoms with Crippen LogP contribution in [0.25, 0.3) is 0 Å². The third-order valence-corrected chi connectivity index (χ3v) is 4.36. The van der Waals surface area contributed by atoms with Crippen molar-refractivity contribution in [3.05, 3.63) is 53.6 Å². The normalized spacial score (nSPS) is 14.0. The van der Waals surface area contributed by atoms with E-state index in [4.69, 9.17) is 14.2 Å². The summed E-state index contributed by atoms with van der Waals surface area (Å²) >= 11 is 0. The fourth-order valence-corrected chi connectivity index (χ4v) is 2.69. The molecule has 0 spiro atoms. The van der Waals surface area contributed by atoms with Crippen LogP contribution >= 0.6 is 0 Å². The predicted octanol–water partition coefficient (Wildman–Crippen LogP) is 4.16. The van der Waals surface area contributed by atoms with Crippen molar-refractivity contribution in [2.24, 2.45) is 0 Å². The van der Waals surface area contributed by atoms with Crippen LogP contribution in [0.15, 0.2) is 36.4 Å². The lowest BCUT2D eigenvalue weighted by molar-refractivity contribution is 0.173. The van der Waals surface area contributed by atoms with Crippen molar-refractivity contribution in [2.45, 2.75) is 19.4 Å². The zero-order valence-electron chi connectivity index (χ0n) is 14.3. The minimum atomic E-state index is -0.823. The number of rotatable bonds is 7. The summed E-state index contributed by atoms with van der Waals surface area (Å²) in [5.74, 6) is 0.522. The molecule has 2 aromatic carbocycles. The summed E-state index contributed by atoms with van der Waals surface area (Å²) in [5.41, 5.74) is 0.748. The first-order valence-electron chi connectivity index (χ1n) is 8.22. The summed E-state index contributed by atoms with van der Waals surface area (Å²) in [6, 6.07) is 9.51. The standard InChI is InChI=1S/C19H21F2NO3/c1-13(14-4-6-16(20)17(21)10-14)22(2)8-3-9-23-15-5-7-18-19(11-15)25-12-24-18/h4-7,10-11,13H,3,8-9,12H2,1-2H3. The van der Waals surface area contributed by atoms with Gasteiger partial charge < -0.3 is 14.2 Å². The van der Waals surface area contributed by atoms with E-state index in [1.54, 1.807) is 6.07 Å². The van der Waals surface area contributed by atoms with Gasteiger partial charge in [-0.3, -0.25) is 4.90 Å². The molecule has 0 aliphatic carbocycles. The molecule has 0 radical (unpaired) electrons. The predicted molar refractivity (Wildman–Crippen MR) is 90.1 cm³/mol. The van der Waals surface area contributed by atoms with Crippen molar-refractivity contribution in [3.63, 3.8) is 0 Å². The summed E-state index contributed by atoms with van der Waals surface area (Å²) in [5, 5.41) is 0. The minimum absolute atomic E-state index is 0.0133. The molecule has 6 heteroatoms. The van der Waals surface area contributed by atoms with Gasteiger partial charge in [-0.2, -0.15) is 0 Å². The van der Waals surface area contributed by atoms with E-state index in [-0.39, 0.29) is 12.8 Å². The Kier molecular flexibility index (Phi) is 5.38. The molecule has 0 saturated heterocycles. The van der Waals surface area contributed by atoms with Crippen molar-refractivity contribution in [1.29, 1.82) is 0 Å². The maximum Gasteiger partial charge on any atom is 0.231 e. The average Bonchev–Trinajstić information content (AvgIpc) is 3.08. The van der Waals surface area contributed by atoms with Gasteiger partial charge in [-0.15, -0.1) is 0 Å². The average molecular weight is 349 g/mol. The first-order chi connectivity index (χ1) is 12.0. The van der Waals surface area contributed by atoms with Gasteiger partial charge in [0.25, 0.3) is 0 Å². The maximum absolute atomic E-state index is 13.4. The number of halogens is 2. The van der Waals surface area contributed by atoms with Gasteiger partial charge in [0.2, 0.25) is 6.79 Å². The molecule has 2 aromatic rings. The Balaban J connectivity index is 1.45. The lowest BCUT2D eigenvalue weighted by Crippen LogP contribution is -2.25. The van der Waals surface area contributed by atoms with Gasteiger partial charge in [-0.25, -0.2) is 8.78 Å². The molecule has 0 N–H and O–H groups in total. The van der Waals surface area contributed by atoms with Crippen molar-refractivity contribution in [3.8, 4) is 17.2 Å². The third-order valence-electron chi connectivity index (χ3n) is 4.36. The summed E-state index contributed by atoms with van der Waals surface area (Å²) in [7, 11) is 1.95. The van der Waals surface area contributed by atoms with Gasteiger partial charge in [0, 0.05) is 18.7 Å². The highest BCUT2D eigenvalue weighted by Crippen LogP contribution is 2.35. The Morgan fingerprint density at radius 3 is 2.68 bits per heavy atom. The SMILES string of the molecule is CC(c1ccc(F)c(F)c1)N(C)CCCOc1ccc2c(c1)OCO2. The van der Waals surface area contributed by atoms with Crippen LogP contribution < -0.4 is 14.2 Å². The number of nitrogens with zero attached hydrogens (tertiary/aromatic N) is 1. The van der Waals surface area contributed by atoms with Crippen molar-refractivity contribution in [1.82, 2.24) is 4.90 Å². The van der Waals surface area contributed by atoms with E-state index in [9.17, 15) is 8.78 Å². The highest BCUT2D eigenvalue weighted by molar-refractivity contribution is 5.46. The highest BCUT2D eigenvalue weighted by Gasteiger charge is 2.15. The molecule has 1 atom stereocenters. The second kappa shape index (κ2) is 7.70. The first kappa shape index (κ1) is 17.5. The molecule has 1 aliphatic heterocycles. The van der Waals surface area contributed by atoms with E-state index in [2.05, 4.69) is 4.90 Å². The van der Waals surface area contributed by atoms with Gasteiger partial charge in [0.05, 0.1) is 6.61 Å². The molecular formula is C19H21F2NO3. The van der Waals surface area contributed by atoms with Crippen LogP contribution in [0.4, 0.5) is 8.78 Å². The molecular weight excluding hydrogens is 328 g/mol. The topological polar surface area (TPSA) is 30.9 Å². The molecule has 1 unspecified atom stereocenters. The first-order valence-corrected chi connectivity index (χ1v) is 8.22. The second-order valence-corrected chi connectivity index (χ2v) is 6.05. The van der Waals surface area contributed by atoms with Gasteiger partial charge in [0.15, 0.2) is 23.1 Å². The molecule has 0 bridgehead atoms. The Bertz CT molecular complexity index is 739. The van der Waals surface area contributed by atoms with Crippen LogP contribution in [0.5, 0.6) is 17.2 Å². The Morgan fingerprint density at radius 1 is 1.08 bits per heavy atom. The molecule has 0 saturated carbocycles. The molecule has 1 aliphatic rings. The third kappa shape index (κ3) is 4.20. The number of benzene rings is 2. The molecule has 0 fully saturated rings. The number of fused-ring (bicyclic) bond motifs is 1. The molecule has 4 nitrogen and oxygen atoms in total. The van der Waals surface area contributed by atoms with E-state index in [0.717, 1.165) is 36.1 Å². The van der Waals surface area contributed by atoms with E-state index in [1.165, 1.54) is 6.07 Å². The van der Waals surface area contributed by atoms with E-state index >= 15 is 0 Å². The summed E-state index contributed by atoms with van der Waals surface area (Å²) < 4.78 is 42.7. The van der Waals surface area contributed by atoms with Crippen molar-refractivity contribution in [2.75, 3.05) is 27.0 Å². The van der Waals surface area contributed by atoms with Crippen molar-refractivity contribution < 1.29 is 23.0 Å². The molecule has 1 heterocycles. The van der Waals surface area contributed by atoms with E-state index < -0.39 is 11.6 Å². The van der Waals surface area contributed by atoms with Gasteiger partial charge >= 0.3 is 0 Å². The molecule has 25 heavy (non-hydrogen) atoms. The Hall–Kier alpha value is -2.34. The summed E-state index contributed by atoms with van der Waals surface area (Å²) in [6.07, 6.45) is 0.805. The van der Waals surface area contributed by atoms with Crippen LogP contribution in [0.3, 0.4) is 0 Å². The monoisotopic (exact) mass is 349 g/mol. The zero-order valence-corrected chi connectivity index (χ0v) is 14.3. The Labute approximate surface area is 145 Å². The highest BCUT2D eigenvalue weighted by atomic mass is 19.2. The molecule has 3 rings (SSSR count). The molecule has 134 valence electrons. The lowest BCUT2D eigenvalue weighted by Gasteiger charge is -2.25. The fraction of sp³-hybridized carbons (Fsp3) is 0.368. The second-order valence-electron chi connectivity index (χ2n) is 6.05. The zero-order chi connectivity index (χ0) is 17.8. The molecule has 0 amide bonds. The minimum Gasteiger partial charge on any atom is -0.493 e. The van der Waals surface area contributed by atoms with Crippen LogP contribution in [0.1, 0.15) is 24.9 Å². The van der Waals surface area contributed by atoms with Crippen molar-refractivity contribution >= 4 is 0 Å². The van der Waals surface area contributed by atoms with E-state index in [0.29, 0.717) is 12.4 Å². The number of hydrogen-bond acceptors (Lipinski definition) is 4. The fourth-order valence-electron chi connectivity index (χ4n) is 2.69. The quantitative estimate of drug-likeness (QED) is 0.703. The molecule has 0 aromatic heterocycles. The van der Waals surface area contributed by atoms with Crippen LogP contribution in [0, 0.1) is 11.6 Å².